The molecule has 9 heteroatoms. The largest absolute Gasteiger partial charge is 0.369 e. The first kappa shape index (κ1) is 20.3. The molecule has 0 spiro atoms. The van der Waals surface area contributed by atoms with Crippen LogP contribution in [0.3, 0.4) is 0 Å². The molecule has 8 nitrogen and oxygen atoms in total. The molecule has 0 amide bonds. The van der Waals surface area contributed by atoms with Crippen LogP contribution in [-0.4, -0.2) is 37.4 Å². The van der Waals surface area contributed by atoms with Crippen molar-refractivity contribution in [3.63, 3.8) is 0 Å². The molecule has 29 heavy (non-hydrogen) atoms. The maximum Gasteiger partial charge on any atom is 0.364 e. The molecule has 0 aliphatic carbocycles. The average Bonchev–Trinajstić information content (AvgIpc) is 3.12. The van der Waals surface area contributed by atoms with Crippen LogP contribution >= 0.6 is 11.3 Å². The molecule has 0 atom stereocenters. The van der Waals surface area contributed by atoms with Crippen molar-refractivity contribution < 1.29 is 4.99 Å². The number of fused-ring (bicyclic) bond motifs is 3. The Kier molecular flexibility index (Phi) is 6.08. The summed E-state index contributed by atoms with van der Waals surface area (Å²) in [6.45, 7) is 3.88. The highest BCUT2D eigenvalue weighted by Crippen LogP contribution is 2.35. The van der Waals surface area contributed by atoms with Crippen LogP contribution in [0.4, 0.5) is 0 Å². The zero-order valence-electron chi connectivity index (χ0n) is 16.9. The summed E-state index contributed by atoms with van der Waals surface area (Å²) in [7, 11) is 3.35. The number of hydrogen-bond donors (Lipinski definition) is 5. The minimum Gasteiger partial charge on any atom is -0.369 e. The number of guanidine groups is 2. The topological polar surface area (TPSA) is 127 Å². The second-order valence-electron chi connectivity index (χ2n) is 6.41. The van der Waals surface area contributed by atoms with Gasteiger partial charge in [-0.1, -0.05) is 12.1 Å². The molecule has 7 N–H and O–H groups in total. The number of nitrogens with two attached hydrogens (primary N) is 2. The van der Waals surface area contributed by atoms with Gasteiger partial charge in [-0.15, -0.1) is 16.4 Å². The fourth-order valence-corrected chi connectivity index (χ4v) is 3.81. The number of nitrogens with zero attached hydrogens (tertiary/aromatic N) is 3. The van der Waals surface area contributed by atoms with Crippen LogP contribution in [0.2, 0.25) is 0 Å². The molecule has 150 valence electrons. The van der Waals surface area contributed by atoms with Crippen LogP contribution in [-0.2, 0) is 0 Å². The maximum atomic E-state index is 5.70. The first-order chi connectivity index (χ1) is 13.9. The number of nitrogens with one attached hydrogen (secondary N) is 3. The van der Waals surface area contributed by atoms with Crippen molar-refractivity contribution in [1.29, 1.82) is 0 Å². The van der Waals surface area contributed by atoms with E-state index in [1.54, 1.807) is 25.4 Å². The van der Waals surface area contributed by atoms with Crippen LogP contribution in [0.1, 0.15) is 25.0 Å². The van der Waals surface area contributed by atoms with E-state index in [1.807, 2.05) is 13.8 Å². The highest BCUT2D eigenvalue weighted by molar-refractivity contribution is 7.25. The Morgan fingerprint density at radius 3 is 1.90 bits per heavy atom. The predicted octanol–water partition coefficient (Wildman–Crippen LogP) is 0.651. The Labute approximate surface area is 173 Å². The molecule has 0 unspecified atom stereocenters. The van der Waals surface area contributed by atoms with E-state index in [9.17, 15) is 0 Å². The van der Waals surface area contributed by atoms with Gasteiger partial charge in [0.15, 0.2) is 0 Å². The second kappa shape index (κ2) is 8.70. The Morgan fingerprint density at radius 1 is 0.897 bits per heavy atom. The molecule has 0 saturated carbocycles. The van der Waals surface area contributed by atoms with E-state index in [0.29, 0.717) is 5.96 Å². The van der Waals surface area contributed by atoms with Crippen LogP contribution < -0.4 is 27.3 Å². The number of rotatable bonds is 4. The van der Waals surface area contributed by atoms with Crippen molar-refractivity contribution in [2.75, 3.05) is 14.1 Å². The van der Waals surface area contributed by atoms with Gasteiger partial charge in [-0.25, -0.2) is 5.43 Å². The van der Waals surface area contributed by atoms with Crippen LogP contribution in [0.25, 0.3) is 20.2 Å². The third-order valence-electron chi connectivity index (χ3n) is 4.50. The third-order valence-corrected chi connectivity index (χ3v) is 5.65. The molecule has 0 bridgehead atoms. The molecule has 1 heterocycles. The molecule has 0 aliphatic rings. The quantitative estimate of drug-likeness (QED) is 0.246. The first-order valence-electron chi connectivity index (χ1n) is 9.03. The minimum atomic E-state index is 0.274. The van der Waals surface area contributed by atoms with E-state index in [4.69, 9.17) is 11.5 Å². The summed E-state index contributed by atoms with van der Waals surface area (Å²) in [6.07, 6.45) is 0. The monoisotopic (exact) mass is 409 g/mol. The second-order valence-corrected chi connectivity index (χ2v) is 7.50. The highest BCUT2D eigenvalue weighted by Gasteiger charge is 2.10. The zero-order valence-corrected chi connectivity index (χ0v) is 17.7. The molecular formula is C20H25N8S+. The lowest BCUT2D eigenvalue weighted by molar-refractivity contribution is -0.423. The summed E-state index contributed by atoms with van der Waals surface area (Å²) in [5.74, 6) is 0.670. The van der Waals surface area contributed by atoms with E-state index in [1.165, 1.54) is 20.2 Å². The molecule has 1 aromatic heterocycles. The third kappa shape index (κ3) is 4.52. The lowest BCUT2D eigenvalue weighted by atomic mass is 10.0. The number of benzene rings is 2. The maximum absolute atomic E-state index is 5.70. The van der Waals surface area contributed by atoms with Gasteiger partial charge < -0.3 is 5.73 Å². The van der Waals surface area contributed by atoms with Crippen molar-refractivity contribution >= 4 is 54.9 Å². The fourth-order valence-electron chi connectivity index (χ4n) is 2.75. The number of hydrogen-bond acceptors (Lipinski definition) is 4. The lowest BCUT2D eigenvalue weighted by Crippen LogP contribution is -2.74. The summed E-state index contributed by atoms with van der Waals surface area (Å²) in [6, 6.07) is 12.7. The molecule has 0 fully saturated rings. The van der Waals surface area contributed by atoms with Gasteiger partial charge in [0.25, 0.3) is 0 Å². The highest BCUT2D eigenvalue weighted by atomic mass is 32.1. The van der Waals surface area contributed by atoms with Gasteiger partial charge in [0.1, 0.15) is 0 Å². The molecular weight excluding hydrogens is 384 g/mol. The van der Waals surface area contributed by atoms with E-state index in [0.717, 1.165) is 22.6 Å². The summed E-state index contributed by atoms with van der Waals surface area (Å²) < 4.78 is 2.44. The van der Waals surface area contributed by atoms with Gasteiger partial charge in [-0.3, -0.25) is 15.7 Å². The normalized spacial score (nSPS) is 13.9. The van der Waals surface area contributed by atoms with E-state index in [-0.39, 0.29) is 5.96 Å². The summed E-state index contributed by atoms with van der Waals surface area (Å²) in [5.41, 5.74) is 20.6. The van der Waals surface area contributed by atoms with Crippen LogP contribution in [0.15, 0.2) is 51.6 Å². The number of hydrazone groups is 2. The van der Waals surface area contributed by atoms with Crippen molar-refractivity contribution in [3.8, 4) is 0 Å². The number of aliphatic imine (C=N–C) groups is 1. The summed E-state index contributed by atoms with van der Waals surface area (Å²) in [4.78, 5) is 6.65. The van der Waals surface area contributed by atoms with E-state index in [2.05, 4.69) is 67.4 Å². The molecule has 2 aromatic carbocycles. The molecule has 3 aromatic rings. The van der Waals surface area contributed by atoms with Gasteiger partial charge in [0.05, 0.1) is 18.5 Å². The molecule has 3 rings (SSSR count). The SMILES string of the molecule is CN=C(N)N/N=C(/C)c1ccc2sc3ccc(/C(C)=N\NC(N)=[NH+]C)cc3c2c1. The zero-order chi connectivity index (χ0) is 21.0. The van der Waals surface area contributed by atoms with Gasteiger partial charge in [0, 0.05) is 27.2 Å². The van der Waals surface area contributed by atoms with Gasteiger partial charge in [0.2, 0.25) is 5.96 Å². The van der Waals surface area contributed by atoms with Crippen molar-refractivity contribution in [2.45, 2.75) is 13.8 Å². The molecule has 0 radical (unpaired) electrons. The predicted molar refractivity (Wildman–Crippen MR) is 124 cm³/mol. The van der Waals surface area contributed by atoms with Gasteiger partial charge in [-0.2, -0.15) is 10.5 Å². The Bertz CT molecular complexity index is 1080. The summed E-state index contributed by atoms with van der Waals surface area (Å²) in [5, 5.41) is 11.0. The van der Waals surface area contributed by atoms with E-state index >= 15 is 0 Å². The standard InChI is InChI=1S/C20H24N8S/c1-11(25-27-19(21)23-3)13-5-7-17-15(9-13)16-10-14(6-8-18(16)29-17)12(2)26-28-20(22)24-4/h5-10H,1-4H3,(H3,21,23,27)(H3,22,24,28)/p+1/b25-11-,26-12-. The van der Waals surface area contributed by atoms with Crippen LogP contribution in [0.5, 0.6) is 0 Å². The Balaban J connectivity index is 2.02. The first-order valence-corrected chi connectivity index (χ1v) is 9.84. The van der Waals surface area contributed by atoms with Crippen LogP contribution in [0, 0.1) is 0 Å². The Morgan fingerprint density at radius 2 is 1.41 bits per heavy atom. The average molecular weight is 410 g/mol. The van der Waals surface area contributed by atoms with Gasteiger partial charge >= 0.3 is 5.96 Å². The van der Waals surface area contributed by atoms with Gasteiger partial charge in [-0.05, 0) is 49.2 Å². The smallest absolute Gasteiger partial charge is 0.364 e. The van der Waals surface area contributed by atoms with E-state index < -0.39 is 0 Å². The molecule has 0 aliphatic heterocycles. The fraction of sp³-hybridized carbons (Fsp3) is 0.200. The molecule has 0 saturated heterocycles. The minimum absolute atomic E-state index is 0.274. The lowest BCUT2D eigenvalue weighted by Gasteiger charge is -2.04. The summed E-state index contributed by atoms with van der Waals surface area (Å²) >= 11 is 1.76. The van der Waals surface area contributed by atoms with Crippen molar-refractivity contribution in [2.24, 2.45) is 26.7 Å². The number of thiophene rings is 1. The van der Waals surface area contributed by atoms with Crippen molar-refractivity contribution in [1.82, 2.24) is 10.9 Å². The van der Waals surface area contributed by atoms with Crippen molar-refractivity contribution in [3.05, 3.63) is 47.5 Å². The Hall–Kier alpha value is -3.46.